The van der Waals surface area contributed by atoms with Crippen molar-refractivity contribution < 1.29 is 4.58 Å². The van der Waals surface area contributed by atoms with E-state index in [4.69, 9.17) is 4.98 Å². The van der Waals surface area contributed by atoms with Crippen LogP contribution in [0.15, 0.2) is 151 Å². The van der Waals surface area contributed by atoms with Gasteiger partial charge in [0.2, 0.25) is 6.01 Å². The van der Waals surface area contributed by atoms with Crippen LogP contribution in [-0.4, -0.2) is 30.7 Å². The highest BCUT2D eigenvalue weighted by Gasteiger charge is 2.54. The van der Waals surface area contributed by atoms with E-state index in [0.29, 0.717) is 11.6 Å². The summed E-state index contributed by atoms with van der Waals surface area (Å²) in [5, 5.41) is 7.87. The van der Waals surface area contributed by atoms with Crippen LogP contribution >= 0.6 is 0 Å². The van der Waals surface area contributed by atoms with Crippen molar-refractivity contribution in [1.29, 1.82) is 0 Å². The molecule has 0 atom stereocenters. The number of fused-ring (bicyclic) bond motifs is 7. The fourth-order valence-corrected chi connectivity index (χ4v) is 8.27. The summed E-state index contributed by atoms with van der Waals surface area (Å²) in [6, 6.07) is 49.3. The summed E-state index contributed by atoms with van der Waals surface area (Å²) in [6.45, 7) is 0. The number of hydrogen-bond donors (Lipinski definition) is 1. The second-order valence-corrected chi connectivity index (χ2v) is 11.9. The van der Waals surface area contributed by atoms with Crippen molar-refractivity contribution in [2.75, 3.05) is 0 Å². The molecular formula is C40H25N6+. The van der Waals surface area contributed by atoms with Gasteiger partial charge in [-0.1, -0.05) is 115 Å². The molecule has 0 bridgehead atoms. The first kappa shape index (κ1) is 25.1. The molecule has 10 rings (SSSR count). The van der Waals surface area contributed by atoms with Gasteiger partial charge in [-0.15, -0.1) is 4.98 Å². The first-order valence-electron chi connectivity index (χ1n) is 15.4. The van der Waals surface area contributed by atoms with Gasteiger partial charge in [0.15, 0.2) is 5.54 Å². The predicted molar refractivity (Wildman–Crippen MR) is 177 cm³/mol. The Kier molecular flexibility index (Phi) is 5.00. The molecule has 0 saturated heterocycles. The lowest BCUT2D eigenvalue weighted by Gasteiger charge is -2.35. The summed E-state index contributed by atoms with van der Waals surface area (Å²) in [6.07, 6.45) is 5.26. The average molecular weight is 590 g/mol. The number of aliphatic imine (C=N–C) groups is 1. The molecule has 6 heteroatoms. The normalized spacial score (nSPS) is 15.4. The van der Waals surface area contributed by atoms with E-state index in [2.05, 4.69) is 158 Å². The molecule has 46 heavy (non-hydrogen) atoms. The van der Waals surface area contributed by atoms with Gasteiger partial charge >= 0.3 is 11.6 Å². The van der Waals surface area contributed by atoms with Gasteiger partial charge in [0.1, 0.15) is 6.20 Å². The van der Waals surface area contributed by atoms with Crippen LogP contribution in [0.4, 0.5) is 11.6 Å². The van der Waals surface area contributed by atoms with Gasteiger partial charge in [-0.2, -0.15) is 9.67 Å². The van der Waals surface area contributed by atoms with E-state index in [-0.39, 0.29) is 0 Å². The lowest BCUT2D eigenvalue weighted by atomic mass is 9.68. The molecule has 0 saturated carbocycles. The smallest absolute Gasteiger partial charge is 0.281 e. The lowest BCUT2D eigenvalue weighted by Crippen LogP contribution is -2.38. The van der Waals surface area contributed by atoms with Crippen molar-refractivity contribution >= 4 is 17.6 Å². The molecule has 0 spiro atoms. The van der Waals surface area contributed by atoms with E-state index < -0.39 is 11.0 Å². The molecule has 1 aliphatic heterocycles. The summed E-state index contributed by atoms with van der Waals surface area (Å²) in [5.74, 6) is 1.24. The average Bonchev–Trinajstić information content (AvgIpc) is 3.92. The fraction of sp³-hybridized carbons (Fsp3) is 0.0500. The maximum absolute atomic E-state index is 4.81. The Hall–Kier alpha value is -6.23. The molecule has 0 amide bonds. The van der Waals surface area contributed by atoms with Crippen LogP contribution in [0.2, 0.25) is 0 Å². The zero-order chi connectivity index (χ0) is 30.3. The molecule has 1 N–H and O–H groups in total. The number of nitrogens with one attached hydrogen (secondary N) is 1. The molecule has 2 aliphatic carbocycles. The highest BCUT2D eigenvalue weighted by Crippen LogP contribution is 2.58. The second-order valence-electron chi connectivity index (χ2n) is 11.9. The van der Waals surface area contributed by atoms with Gasteiger partial charge in [0, 0.05) is 22.9 Å². The molecule has 3 heterocycles. The molecule has 6 nitrogen and oxygen atoms in total. The summed E-state index contributed by atoms with van der Waals surface area (Å²) < 4.78 is 2.10. The van der Waals surface area contributed by atoms with Crippen LogP contribution in [0.5, 0.6) is 0 Å². The van der Waals surface area contributed by atoms with E-state index >= 15 is 0 Å². The highest BCUT2D eigenvalue weighted by molar-refractivity contribution is 5.87. The third-order valence-electron chi connectivity index (χ3n) is 9.96. The number of rotatable bonds is 4. The fourth-order valence-electron chi connectivity index (χ4n) is 8.27. The van der Waals surface area contributed by atoms with Gasteiger partial charge < -0.3 is 0 Å². The van der Waals surface area contributed by atoms with Crippen molar-refractivity contribution in [2.45, 2.75) is 11.0 Å². The Balaban J connectivity index is 1.33. The van der Waals surface area contributed by atoms with Crippen molar-refractivity contribution in [2.24, 2.45) is 4.99 Å². The predicted octanol–water partition coefficient (Wildman–Crippen LogP) is 8.00. The highest BCUT2D eigenvalue weighted by atomic mass is 15.2. The van der Waals surface area contributed by atoms with Crippen molar-refractivity contribution in [1.82, 2.24) is 20.2 Å². The minimum atomic E-state index is -0.805. The van der Waals surface area contributed by atoms with Crippen molar-refractivity contribution in [3.05, 3.63) is 185 Å². The summed E-state index contributed by atoms with van der Waals surface area (Å²) in [4.78, 5) is 14.0. The molecular weight excluding hydrogens is 564 g/mol. The second kappa shape index (κ2) is 9.14. The Bertz CT molecular complexity index is 2340. The van der Waals surface area contributed by atoms with E-state index in [9.17, 15) is 0 Å². The summed E-state index contributed by atoms with van der Waals surface area (Å²) in [7, 11) is 0. The number of benzene rings is 5. The molecule has 7 aromatic rings. The minimum Gasteiger partial charge on any atom is -0.281 e. The molecule has 2 aromatic heterocycles. The zero-order valence-electron chi connectivity index (χ0n) is 24.6. The van der Waals surface area contributed by atoms with Crippen LogP contribution in [0.3, 0.4) is 0 Å². The number of nitrogens with zero attached hydrogens (tertiary/aromatic N) is 5. The van der Waals surface area contributed by atoms with E-state index in [1.807, 2.05) is 6.20 Å². The van der Waals surface area contributed by atoms with Crippen molar-refractivity contribution in [3.63, 3.8) is 0 Å². The van der Waals surface area contributed by atoms with Crippen LogP contribution < -0.4 is 0 Å². The maximum Gasteiger partial charge on any atom is 0.335 e. The van der Waals surface area contributed by atoms with Gasteiger partial charge in [0.25, 0.3) is 0 Å². The summed E-state index contributed by atoms with van der Waals surface area (Å²) >= 11 is 0. The molecule has 3 aliphatic rings. The topological polar surface area (TPSA) is 69.8 Å². The standard InChI is InChI=1S/C40H25N6/c1-5-16-32-28(12-1)29-13-2-6-17-33(29)39(32,36-20-21-44-45-36)26-10-9-11-27(24-26)40(46-25-43-37-38(46)42-23-22-41-37)34-18-7-3-14-30(34)31-15-4-8-19-35(31)40/h1-24H,(H,44,45)/q+1. The van der Waals surface area contributed by atoms with Crippen LogP contribution in [-0.2, 0) is 11.0 Å². The van der Waals surface area contributed by atoms with Crippen LogP contribution in [0, 0.1) is 0 Å². The van der Waals surface area contributed by atoms with Gasteiger partial charge in [0.05, 0.1) is 17.3 Å². The largest absolute Gasteiger partial charge is 0.335 e. The number of aromatic nitrogens is 4. The van der Waals surface area contributed by atoms with Crippen molar-refractivity contribution in [3.8, 4) is 22.3 Å². The quantitative estimate of drug-likeness (QED) is 0.212. The molecule has 0 radical (unpaired) electrons. The van der Waals surface area contributed by atoms with Gasteiger partial charge in [-0.3, -0.25) is 5.10 Å². The molecule has 0 unspecified atom stereocenters. The summed E-state index contributed by atoms with van der Waals surface area (Å²) in [5.41, 5.74) is 11.4. The number of aromatic amines is 1. The first-order valence-corrected chi connectivity index (χ1v) is 15.4. The lowest BCUT2D eigenvalue weighted by molar-refractivity contribution is -0.510. The third-order valence-corrected chi connectivity index (χ3v) is 9.96. The minimum absolute atomic E-state index is 0.562. The molecule has 214 valence electrons. The Morgan fingerprint density at radius 3 is 1.74 bits per heavy atom. The molecule has 0 fully saturated rings. The van der Waals surface area contributed by atoms with Gasteiger partial charge in [-0.05, 0) is 56.1 Å². The Morgan fingerprint density at radius 2 is 1.11 bits per heavy atom. The Morgan fingerprint density at radius 1 is 0.543 bits per heavy atom. The van der Waals surface area contributed by atoms with Crippen LogP contribution in [0.25, 0.3) is 22.3 Å². The van der Waals surface area contributed by atoms with Crippen LogP contribution in [0.1, 0.15) is 39.1 Å². The SMILES string of the molecule is C1=Nc2nccnc2[N+]=1C1(c2cccc(C3(c4ccn[nH]4)c4ccccc4-c4ccccc43)c2)c2ccccc2-c2ccccc21. The first-order chi connectivity index (χ1) is 22.8. The monoisotopic (exact) mass is 589 g/mol. The maximum atomic E-state index is 4.81. The number of hydrogen-bond acceptors (Lipinski definition) is 4. The van der Waals surface area contributed by atoms with E-state index in [0.717, 1.165) is 27.9 Å². The van der Waals surface area contributed by atoms with E-state index in [1.54, 1.807) is 12.4 Å². The third kappa shape index (κ3) is 2.99. The zero-order valence-corrected chi connectivity index (χ0v) is 24.6. The Labute approximate surface area is 265 Å². The van der Waals surface area contributed by atoms with E-state index in [1.165, 1.54) is 33.4 Å². The molecule has 5 aromatic carbocycles. The number of H-pyrrole nitrogens is 1. The van der Waals surface area contributed by atoms with Gasteiger partial charge in [-0.25, -0.2) is 4.98 Å².